The molecule has 0 aliphatic heterocycles. The molecule has 2 nitrogen and oxygen atoms in total. The van der Waals surface area contributed by atoms with E-state index in [-0.39, 0.29) is 0 Å². The zero-order valence-electron chi connectivity index (χ0n) is 27.7. The standard InChI is InChI=1S/C49H31NO/c1-2-13-31(14-3-1)49(45-22-9-6-19-38(45)39-20-7-10-23-46(39)49)32-15-12-16-33(27-32)50-34-25-26-37-35-17-4-5-18-36(35)42-29-44-40-21-8-11-24-47(40)51-48(44)30-43(42)41(37)28-34/h1-30,50H. The Kier molecular flexibility index (Phi) is 5.91. The Morgan fingerprint density at radius 3 is 1.69 bits per heavy atom. The molecule has 0 atom stereocenters. The number of benzene rings is 9. The molecular weight excluding hydrogens is 619 g/mol. The minimum Gasteiger partial charge on any atom is -0.456 e. The summed E-state index contributed by atoms with van der Waals surface area (Å²) >= 11 is 0. The zero-order valence-corrected chi connectivity index (χ0v) is 27.7. The van der Waals surface area contributed by atoms with Crippen molar-refractivity contribution < 1.29 is 4.42 Å². The Labute approximate surface area is 295 Å². The van der Waals surface area contributed by atoms with Crippen LogP contribution in [-0.2, 0) is 5.41 Å². The summed E-state index contributed by atoms with van der Waals surface area (Å²) in [6, 6.07) is 66.2. The van der Waals surface area contributed by atoms with Crippen LogP contribution in [0.2, 0.25) is 0 Å². The number of anilines is 2. The van der Waals surface area contributed by atoms with E-state index in [9.17, 15) is 0 Å². The lowest BCUT2D eigenvalue weighted by Crippen LogP contribution is -2.28. The summed E-state index contributed by atoms with van der Waals surface area (Å²) in [6.07, 6.45) is 0. The van der Waals surface area contributed by atoms with E-state index in [1.54, 1.807) is 0 Å². The van der Waals surface area contributed by atoms with E-state index in [0.29, 0.717) is 0 Å². The molecule has 0 spiro atoms. The van der Waals surface area contributed by atoms with Crippen LogP contribution in [0.3, 0.4) is 0 Å². The van der Waals surface area contributed by atoms with E-state index in [0.717, 1.165) is 33.3 Å². The molecule has 1 heterocycles. The monoisotopic (exact) mass is 649 g/mol. The predicted molar refractivity (Wildman–Crippen MR) is 213 cm³/mol. The molecular formula is C49H31NO. The predicted octanol–water partition coefficient (Wildman–Crippen LogP) is 13.2. The number of hydrogen-bond donors (Lipinski definition) is 1. The summed E-state index contributed by atoms with van der Waals surface area (Å²) in [4.78, 5) is 0. The van der Waals surface area contributed by atoms with Crippen LogP contribution in [0.5, 0.6) is 0 Å². The van der Waals surface area contributed by atoms with Crippen LogP contribution in [0.1, 0.15) is 22.3 Å². The zero-order chi connectivity index (χ0) is 33.5. The number of para-hydroxylation sites is 1. The lowest BCUT2D eigenvalue weighted by molar-refractivity contribution is 0.669. The molecule has 0 amide bonds. The molecule has 238 valence electrons. The molecule has 0 fully saturated rings. The van der Waals surface area contributed by atoms with Gasteiger partial charge in [0.25, 0.3) is 0 Å². The second-order valence-corrected chi connectivity index (χ2v) is 13.7. The quantitative estimate of drug-likeness (QED) is 0.192. The first kappa shape index (κ1) is 28.2. The Morgan fingerprint density at radius 1 is 0.333 bits per heavy atom. The molecule has 11 rings (SSSR count). The van der Waals surface area contributed by atoms with Crippen LogP contribution in [0.15, 0.2) is 186 Å². The maximum Gasteiger partial charge on any atom is 0.136 e. The fourth-order valence-corrected chi connectivity index (χ4v) is 8.96. The third-order valence-electron chi connectivity index (χ3n) is 11.1. The van der Waals surface area contributed by atoms with Gasteiger partial charge in [-0.05, 0) is 108 Å². The Morgan fingerprint density at radius 2 is 0.902 bits per heavy atom. The molecule has 0 radical (unpaired) electrons. The third kappa shape index (κ3) is 3.99. The smallest absolute Gasteiger partial charge is 0.136 e. The number of furan rings is 1. The summed E-state index contributed by atoms with van der Waals surface area (Å²) in [5.74, 6) is 0. The van der Waals surface area contributed by atoms with Gasteiger partial charge in [0.2, 0.25) is 0 Å². The van der Waals surface area contributed by atoms with Crippen LogP contribution >= 0.6 is 0 Å². The molecule has 9 aromatic carbocycles. The molecule has 2 heteroatoms. The highest BCUT2D eigenvalue weighted by molar-refractivity contribution is 6.28. The van der Waals surface area contributed by atoms with Gasteiger partial charge in [-0.15, -0.1) is 0 Å². The summed E-state index contributed by atoms with van der Waals surface area (Å²) < 4.78 is 6.39. The van der Waals surface area contributed by atoms with Crippen molar-refractivity contribution in [1.29, 1.82) is 0 Å². The first-order valence-corrected chi connectivity index (χ1v) is 17.6. The first-order valence-electron chi connectivity index (χ1n) is 17.6. The van der Waals surface area contributed by atoms with E-state index in [4.69, 9.17) is 4.42 Å². The first-order chi connectivity index (χ1) is 25.3. The second kappa shape index (κ2) is 10.7. The van der Waals surface area contributed by atoms with Gasteiger partial charge in [0, 0.05) is 22.1 Å². The van der Waals surface area contributed by atoms with Crippen molar-refractivity contribution in [3.8, 4) is 11.1 Å². The fraction of sp³-hybridized carbons (Fsp3) is 0.0204. The molecule has 1 aliphatic rings. The van der Waals surface area contributed by atoms with E-state index in [2.05, 4.69) is 181 Å². The molecule has 0 saturated heterocycles. The Hall–Kier alpha value is -6.64. The molecule has 0 saturated carbocycles. The largest absolute Gasteiger partial charge is 0.456 e. The SMILES string of the molecule is c1ccc(C2(c3cccc(Nc4ccc5c6ccccc6c6cc7c(cc6c5c4)oc4ccccc47)c3)c3ccccc3-c3ccccc32)cc1. The van der Waals surface area contributed by atoms with Gasteiger partial charge in [0.05, 0.1) is 5.41 Å². The summed E-state index contributed by atoms with van der Waals surface area (Å²) in [5.41, 5.74) is 11.2. The van der Waals surface area contributed by atoms with Crippen molar-refractivity contribution in [3.63, 3.8) is 0 Å². The summed E-state index contributed by atoms with van der Waals surface area (Å²) in [6.45, 7) is 0. The Bertz CT molecular complexity index is 2960. The number of nitrogens with one attached hydrogen (secondary N) is 1. The number of rotatable bonds is 4. The number of hydrogen-bond acceptors (Lipinski definition) is 2. The highest BCUT2D eigenvalue weighted by Gasteiger charge is 2.45. The maximum absolute atomic E-state index is 6.39. The van der Waals surface area contributed by atoms with Crippen molar-refractivity contribution in [1.82, 2.24) is 0 Å². The van der Waals surface area contributed by atoms with Crippen molar-refractivity contribution in [2.75, 3.05) is 5.32 Å². The fourth-order valence-electron chi connectivity index (χ4n) is 8.96. The highest BCUT2D eigenvalue weighted by Crippen LogP contribution is 2.56. The average Bonchev–Trinajstić information content (AvgIpc) is 3.71. The molecule has 1 aromatic heterocycles. The Balaban J connectivity index is 1.10. The van der Waals surface area contributed by atoms with Crippen LogP contribution in [0.4, 0.5) is 11.4 Å². The normalized spacial score (nSPS) is 13.3. The van der Waals surface area contributed by atoms with Crippen molar-refractivity contribution >= 4 is 65.6 Å². The van der Waals surface area contributed by atoms with Gasteiger partial charge in [-0.25, -0.2) is 0 Å². The van der Waals surface area contributed by atoms with Gasteiger partial charge >= 0.3 is 0 Å². The van der Waals surface area contributed by atoms with Gasteiger partial charge in [0.15, 0.2) is 0 Å². The van der Waals surface area contributed by atoms with Crippen molar-refractivity contribution in [3.05, 3.63) is 204 Å². The van der Waals surface area contributed by atoms with Crippen molar-refractivity contribution in [2.45, 2.75) is 5.41 Å². The molecule has 0 unspecified atom stereocenters. The minimum atomic E-state index is -0.442. The molecule has 0 bridgehead atoms. The van der Waals surface area contributed by atoms with Gasteiger partial charge in [-0.3, -0.25) is 0 Å². The molecule has 1 N–H and O–H groups in total. The molecule has 1 aliphatic carbocycles. The minimum absolute atomic E-state index is 0.442. The lowest BCUT2D eigenvalue weighted by Gasteiger charge is -2.34. The van der Waals surface area contributed by atoms with Crippen LogP contribution in [0, 0.1) is 0 Å². The van der Waals surface area contributed by atoms with Gasteiger partial charge in [-0.2, -0.15) is 0 Å². The van der Waals surface area contributed by atoms with E-state index in [1.165, 1.54) is 65.7 Å². The van der Waals surface area contributed by atoms with Gasteiger partial charge in [-0.1, -0.05) is 140 Å². The molecule has 51 heavy (non-hydrogen) atoms. The van der Waals surface area contributed by atoms with E-state index < -0.39 is 5.41 Å². The molecule has 10 aromatic rings. The van der Waals surface area contributed by atoms with Crippen molar-refractivity contribution in [2.24, 2.45) is 0 Å². The third-order valence-corrected chi connectivity index (χ3v) is 11.1. The van der Waals surface area contributed by atoms with E-state index >= 15 is 0 Å². The van der Waals surface area contributed by atoms with E-state index in [1.807, 2.05) is 6.07 Å². The van der Waals surface area contributed by atoms with Gasteiger partial charge < -0.3 is 9.73 Å². The lowest BCUT2D eigenvalue weighted by atomic mass is 9.67. The topological polar surface area (TPSA) is 25.2 Å². The van der Waals surface area contributed by atoms with Crippen LogP contribution in [-0.4, -0.2) is 0 Å². The number of fused-ring (bicyclic) bond motifs is 12. The average molecular weight is 650 g/mol. The van der Waals surface area contributed by atoms with Gasteiger partial charge in [0.1, 0.15) is 11.2 Å². The summed E-state index contributed by atoms with van der Waals surface area (Å²) in [7, 11) is 0. The summed E-state index contributed by atoms with van der Waals surface area (Å²) in [5, 5.41) is 13.5. The van der Waals surface area contributed by atoms with Crippen LogP contribution in [0.25, 0.3) is 65.4 Å². The van der Waals surface area contributed by atoms with Crippen LogP contribution < -0.4 is 5.32 Å². The second-order valence-electron chi connectivity index (χ2n) is 13.7. The maximum atomic E-state index is 6.39. The highest BCUT2D eigenvalue weighted by atomic mass is 16.3.